The summed E-state index contributed by atoms with van der Waals surface area (Å²) in [5.41, 5.74) is 3.25. The average Bonchev–Trinajstić information content (AvgIpc) is 2.29. The van der Waals surface area contributed by atoms with Gasteiger partial charge in [0.05, 0.1) is 0 Å². The van der Waals surface area contributed by atoms with Crippen LogP contribution >= 0.6 is 0 Å². The fourth-order valence-corrected chi connectivity index (χ4v) is 1.80. The van der Waals surface area contributed by atoms with Gasteiger partial charge in [0.2, 0.25) is 5.91 Å². The Kier molecular flexibility index (Phi) is 5.75. The van der Waals surface area contributed by atoms with Crippen LogP contribution in [0.4, 0.5) is 5.69 Å². The van der Waals surface area contributed by atoms with Crippen molar-refractivity contribution in [3.8, 4) is 0 Å². The summed E-state index contributed by atoms with van der Waals surface area (Å²) in [7, 11) is 0. The molecule has 1 rings (SSSR count). The Morgan fingerprint density at radius 3 is 2.65 bits per heavy atom. The quantitative estimate of drug-likeness (QED) is 0.733. The number of anilines is 1. The standard InChI is InChI=1S/C15H23NO/c1-4-5-6-7-8-15(17)16-14-11-12(2)9-10-13(14)3/h9-11H,4-8H2,1-3H3,(H,16,17). The van der Waals surface area contributed by atoms with Crippen molar-refractivity contribution >= 4 is 11.6 Å². The number of benzene rings is 1. The van der Waals surface area contributed by atoms with Crippen LogP contribution in [-0.2, 0) is 4.79 Å². The van der Waals surface area contributed by atoms with E-state index in [1.807, 2.05) is 26.0 Å². The maximum atomic E-state index is 11.7. The number of rotatable bonds is 6. The van der Waals surface area contributed by atoms with Gasteiger partial charge in [-0.25, -0.2) is 0 Å². The molecule has 0 heterocycles. The fraction of sp³-hybridized carbons (Fsp3) is 0.533. The molecule has 0 saturated heterocycles. The molecule has 0 aliphatic rings. The molecule has 2 nitrogen and oxygen atoms in total. The van der Waals surface area contributed by atoms with Gasteiger partial charge in [-0.3, -0.25) is 4.79 Å². The average molecular weight is 233 g/mol. The molecule has 0 unspecified atom stereocenters. The van der Waals surface area contributed by atoms with E-state index in [1.54, 1.807) is 0 Å². The van der Waals surface area contributed by atoms with Crippen molar-refractivity contribution in [3.05, 3.63) is 29.3 Å². The molecule has 2 heteroatoms. The smallest absolute Gasteiger partial charge is 0.224 e. The topological polar surface area (TPSA) is 29.1 Å². The van der Waals surface area contributed by atoms with E-state index in [9.17, 15) is 4.79 Å². The van der Waals surface area contributed by atoms with Gasteiger partial charge in [0, 0.05) is 12.1 Å². The van der Waals surface area contributed by atoms with Gasteiger partial charge in [0.25, 0.3) is 0 Å². The van der Waals surface area contributed by atoms with E-state index < -0.39 is 0 Å². The molecule has 1 amide bonds. The van der Waals surface area contributed by atoms with Crippen LogP contribution in [0.25, 0.3) is 0 Å². The van der Waals surface area contributed by atoms with Crippen molar-refractivity contribution < 1.29 is 4.79 Å². The Balaban J connectivity index is 2.42. The van der Waals surface area contributed by atoms with Crippen LogP contribution in [-0.4, -0.2) is 5.91 Å². The number of carbonyl (C=O) groups is 1. The summed E-state index contributed by atoms with van der Waals surface area (Å²) in [6.45, 7) is 6.23. The molecule has 0 spiro atoms. The van der Waals surface area contributed by atoms with Gasteiger partial charge in [-0.05, 0) is 37.5 Å². The van der Waals surface area contributed by atoms with Crippen LogP contribution in [0.15, 0.2) is 18.2 Å². The lowest BCUT2D eigenvalue weighted by Gasteiger charge is -2.09. The molecule has 94 valence electrons. The third kappa shape index (κ3) is 5.03. The predicted molar refractivity (Wildman–Crippen MR) is 73.3 cm³/mol. The molecule has 0 fully saturated rings. The number of hydrogen-bond acceptors (Lipinski definition) is 1. The third-order valence-electron chi connectivity index (χ3n) is 2.92. The van der Waals surface area contributed by atoms with Crippen molar-refractivity contribution in [2.75, 3.05) is 5.32 Å². The molecule has 0 aliphatic heterocycles. The lowest BCUT2D eigenvalue weighted by atomic mass is 10.1. The van der Waals surface area contributed by atoms with E-state index in [-0.39, 0.29) is 5.91 Å². The summed E-state index contributed by atoms with van der Waals surface area (Å²) < 4.78 is 0. The maximum Gasteiger partial charge on any atom is 0.224 e. The third-order valence-corrected chi connectivity index (χ3v) is 2.92. The Morgan fingerprint density at radius 1 is 1.18 bits per heavy atom. The lowest BCUT2D eigenvalue weighted by molar-refractivity contribution is -0.116. The van der Waals surface area contributed by atoms with Gasteiger partial charge < -0.3 is 5.32 Å². The highest BCUT2D eigenvalue weighted by Crippen LogP contribution is 2.16. The number of amides is 1. The summed E-state index contributed by atoms with van der Waals surface area (Å²) in [6, 6.07) is 6.13. The maximum absolute atomic E-state index is 11.7. The Hall–Kier alpha value is -1.31. The monoisotopic (exact) mass is 233 g/mol. The van der Waals surface area contributed by atoms with Crippen LogP contribution in [0.5, 0.6) is 0 Å². The zero-order chi connectivity index (χ0) is 12.7. The van der Waals surface area contributed by atoms with Crippen LogP contribution < -0.4 is 5.32 Å². The largest absolute Gasteiger partial charge is 0.326 e. The Labute approximate surface area is 104 Å². The zero-order valence-corrected chi connectivity index (χ0v) is 11.2. The number of nitrogens with one attached hydrogen (secondary N) is 1. The van der Waals surface area contributed by atoms with Crippen LogP contribution in [0, 0.1) is 13.8 Å². The SMILES string of the molecule is CCCCCCC(=O)Nc1cc(C)ccc1C. The lowest BCUT2D eigenvalue weighted by Crippen LogP contribution is -2.12. The van der Waals surface area contributed by atoms with Crippen LogP contribution in [0.2, 0.25) is 0 Å². The highest BCUT2D eigenvalue weighted by molar-refractivity contribution is 5.91. The molecule has 1 N–H and O–H groups in total. The second-order valence-electron chi connectivity index (χ2n) is 4.68. The van der Waals surface area contributed by atoms with E-state index in [1.165, 1.54) is 18.4 Å². The predicted octanol–water partition coefficient (Wildman–Crippen LogP) is 4.21. The van der Waals surface area contributed by atoms with Gasteiger partial charge >= 0.3 is 0 Å². The summed E-state index contributed by atoms with van der Waals surface area (Å²) in [6.07, 6.45) is 5.20. The van der Waals surface area contributed by atoms with Crippen molar-refractivity contribution in [1.29, 1.82) is 0 Å². The first-order valence-electron chi connectivity index (χ1n) is 6.50. The first-order valence-corrected chi connectivity index (χ1v) is 6.50. The van der Waals surface area contributed by atoms with Gasteiger partial charge in [0.15, 0.2) is 0 Å². The van der Waals surface area contributed by atoms with E-state index in [2.05, 4.69) is 18.3 Å². The first kappa shape index (κ1) is 13.8. The van der Waals surface area contributed by atoms with E-state index in [4.69, 9.17) is 0 Å². The molecule has 1 aromatic rings. The van der Waals surface area contributed by atoms with Crippen molar-refractivity contribution in [1.82, 2.24) is 0 Å². The summed E-state index contributed by atoms with van der Waals surface area (Å²) in [5.74, 6) is 0.134. The highest BCUT2D eigenvalue weighted by Gasteiger charge is 2.04. The number of unbranched alkanes of at least 4 members (excludes halogenated alkanes) is 3. The van der Waals surface area contributed by atoms with Crippen LogP contribution in [0.1, 0.15) is 50.2 Å². The molecule has 0 aromatic heterocycles. The molecule has 0 bridgehead atoms. The zero-order valence-electron chi connectivity index (χ0n) is 11.2. The highest BCUT2D eigenvalue weighted by atomic mass is 16.1. The Morgan fingerprint density at radius 2 is 1.94 bits per heavy atom. The minimum absolute atomic E-state index is 0.134. The summed E-state index contributed by atoms with van der Waals surface area (Å²) >= 11 is 0. The first-order chi connectivity index (χ1) is 8.13. The minimum atomic E-state index is 0.134. The molecule has 1 aromatic carbocycles. The van der Waals surface area contributed by atoms with E-state index in [0.717, 1.165) is 24.1 Å². The summed E-state index contributed by atoms with van der Waals surface area (Å²) in [4.78, 5) is 11.7. The Bertz CT molecular complexity index is 371. The molecular formula is C15H23NO. The van der Waals surface area contributed by atoms with Crippen molar-refractivity contribution in [2.45, 2.75) is 52.9 Å². The second-order valence-corrected chi connectivity index (χ2v) is 4.68. The summed E-state index contributed by atoms with van der Waals surface area (Å²) in [5, 5.41) is 2.99. The molecular weight excluding hydrogens is 210 g/mol. The molecule has 0 aliphatic carbocycles. The van der Waals surface area contributed by atoms with Crippen molar-refractivity contribution in [2.24, 2.45) is 0 Å². The fourth-order valence-electron chi connectivity index (χ4n) is 1.80. The van der Waals surface area contributed by atoms with Crippen molar-refractivity contribution in [3.63, 3.8) is 0 Å². The second kappa shape index (κ2) is 7.10. The number of aryl methyl sites for hydroxylation is 2. The molecule has 0 radical (unpaired) electrons. The van der Waals surface area contributed by atoms with E-state index in [0.29, 0.717) is 6.42 Å². The number of carbonyl (C=O) groups excluding carboxylic acids is 1. The molecule has 0 atom stereocenters. The minimum Gasteiger partial charge on any atom is -0.326 e. The van der Waals surface area contributed by atoms with Crippen LogP contribution in [0.3, 0.4) is 0 Å². The van der Waals surface area contributed by atoms with E-state index >= 15 is 0 Å². The normalized spacial score (nSPS) is 10.3. The van der Waals surface area contributed by atoms with Gasteiger partial charge in [-0.15, -0.1) is 0 Å². The van der Waals surface area contributed by atoms with Gasteiger partial charge in [-0.2, -0.15) is 0 Å². The molecule has 0 saturated carbocycles. The van der Waals surface area contributed by atoms with Gasteiger partial charge in [-0.1, -0.05) is 38.3 Å². The van der Waals surface area contributed by atoms with Gasteiger partial charge in [0.1, 0.15) is 0 Å². The molecule has 17 heavy (non-hydrogen) atoms. The number of hydrogen-bond donors (Lipinski definition) is 1.